The maximum Gasteiger partial charge on any atom is 0.417 e. The van der Waals surface area contributed by atoms with Crippen molar-refractivity contribution in [1.82, 2.24) is 9.97 Å². The summed E-state index contributed by atoms with van der Waals surface area (Å²) in [5.74, 6) is 0. The molecule has 4 aromatic rings. The maximum absolute atomic E-state index is 13.0. The highest BCUT2D eigenvalue weighted by Gasteiger charge is 2.31. The first-order chi connectivity index (χ1) is 14.3. The normalized spacial score (nSPS) is 12.0. The van der Waals surface area contributed by atoms with Gasteiger partial charge >= 0.3 is 6.18 Å². The van der Waals surface area contributed by atoms with E-state index in [9.17, 15) is 18.0 Å². The number of fused-ring (bicyclic) bond motifs is 1. The standard InChI is InChI=1S/C21H12ClF3N4O/c22-17-8-12(21(23,24)25)10-27-19(17)16-11-26-18-7-6-14(9-15(18)20(16)30)29-28-13-4-2-1-3-5-13/h1-11H,(H,26,30). The van der Waals surface area contributed by atoms with E-state index in [1.165, 1.54) is 6.20 Å². The van der Waals surface area contributed by atoms with Gasteiger partial charge in [0.2, 0.25) is 0 Å². The van der Waals surface area contributed by atoms with Crippen LogP contribution in [0, 0.1) is 0 Å². The van der Waals surface area contributed by atoms with E-state index in [1.807, 2.05) is 18.2 Å². The average Bonchev–Trinajstić information content (AvgIpc) is 2.73. The van der Waals surface area contributed by atoms with Crippen LogP contribution in [0.4, 0.5) is 24.5 Å². The smallest absolute Gasteiger partial charge is 0.360 e. The molecule has 0 aliphatic heterocycles. The van der Waals surface area contributed by atoms with Crippen LogP contribution in [0.15, 0.2) is 82.0 Å². The first kappa shape index (κ1) is 19.8. The Kier molecular flexibility index (Phi) is 5.09. The number of aromatic amines is 1. The van der Waals surface area contributed by atoms with Gasteiger partial charge in [-0.05, 0) is 36.4 Å². The van der Waals surface area contributed by atoms with Crippen molar-refractivity contribution in [1.29, 1.82) is 0 Å². The Labute approximate surface area is 172 Å². The molecule has 4 rings (SSSR count). The zero-order chi connectivity index (χ0) is 21.3. The lowest BCUT2D eigenvalue weighted by Crippen LogP contribution is -2.10. The number of hydrogen-bond donors (Lipinski definition) is 1. The number of pyridine rings is 2. The predicted octanol–water partition coefficient (Wildman–Crippen LogP) is 6.68. The molecule has 0 amide bonds. The predicted molar refractivity (Wildman–Crippen MR) is 108 cm³/mol. The van der Waals surface area contributed by atoms with Gasteiger partial charge in [0.15, 0.2) is 5.43 Å². The molecular weight excluding hydrogens is 417 g/mol. The Bertz CT molecular complexity index is 1320. The number of rotatable bonds is 3. The van der Waals surface area contributed by atoms with Crippen LogP contribution in [0.25, 0.3) is 22.2 Å². The van der Waals surface area contributed by atoms with Gasteiger partial charge in [0.1, 0.15) is 0 Å². The van der Waals surface area contributed by atoms with Crippen molar-refractivity contribution in [2.45, 2.75) is 6.18 Å². The van der Waals surface area contributed by atoms with Gasteiger partial charge in [-0.3, -0.25) is 9.78 Å². The third-order valence-electron chi connectivity index (χ3n) is 4.33. The van der Waals surface area contributed by atoms with Crippen molar-refractivity contribution in [3.8, 4) is 11.3 Å². The molecule has 9 heteroatoms. The minimum Gasteiger partial charge on any atom is -0.360 e. The van der Waals surface area contributed by atoms with Crippen LogP contribution in [0.2, 0.25) is 5.02 Å². The summed E-state index contributed by atoms with van der Waals surface area (Å²) in [7, 11) is 0. The first-order valence-electron chi connectivity index (χ1n) is 8.68. The molecule has 0 aliphatic carbocycles. The van der Waals surface area contributed by atoms with Gasteiger partial charge in [-0.1, -0.05) is 29.8 Å². The van der Waals surface area contributed by atoms with E-state index < -0.39 is 17.2 Å². The Hall–Kier alpha value is -3.52. The lowest BCUT2D eigenvalue weighted by molar-refractivity contribution is -0.137. The fourth-order valence-electron chi connectivity index (χ4n) is 2.85. The van der Waals surface area contributed by atoms with E-state index in [0.717, 1.165) is 6.07 Å². The Morgan fingerprint density at radius 3 is 2.40 bits per heavy atom. The number of halogens is 4. The number of nitrogens with zero attached hydrogens (tertiary/aromatic N) is 3. The fraction of sp³-hybridized carbons (Fsp3) is 0.0476. The van der Waals surface area contributed by atoms with Gasteiger partial charge in [-0.15, -0.1) is 0 Å². The number of hydrogen-bond acceptors (Lipinski definition) is 4. The van der Waals surface area contributed by atoms with Crippen LogP contribution in [0.1, 0.15) is 5.56 Å². The summed E-state index contributed by atoms with van der Waals surface area (Å²) in [5, 5.41) is 8.26. The third kappa shape index (κ3) is 3.95. The summed E-state index contributed by atoms with van der Waals surface area (Å²) in [5.41, 5.74) is 0.223. The molecule has 0 radical (unpaired) electrons. The Balaban J connectivity index is 1.77. The van der Waals surface area contributed by atoms with E-state index >= 15 is 0 Å². The molecule has 0 atom stereocenters. The van der Waals surface area contributed by atoms with Crippen LogP contribution < -0.4 is 5.43 Å². The summed E-state index contributed by atoms with van der Waals surface area (Å²) < 4.78 is 38.5. The van der Waals surface area contributed by atoms with E-state index in [2.05, 4.69) is 20.2 Å². The highest BCUT2D eigenvalue weighted by atomic mass is 35.5. The van der Waals surface area contributed by atoms with Crippen LogP contribution >= 0.6 is 11.6 Å². The molecule has 1 N–H and O–H groups in total. The van der Waals surface area contributed by atoms with Crippen LogP contribution in [0.5, 0.6) is 0 Å². The van der Waals surface area contributed by atoms with E-state index in [0.29, 0.717) is 23.1 Å². The summed E-state index contributed by atoms with van der Waals surface area (Å²) in [6.07, 6.45) is -2.56. The van der Waals surface area contributed by atoms with E-state index in [-0.39, 0.29) is 21.7 Å². The Morgan fingerprint density at radius 2 is 1.70 bits per heavy atom. The van der Waals surface area contributed by atoms with Crippen molar-refractivity contribution in [3.05, 3.63) is 87.8 Å². The van der Waals surface area contributed by atoms with Crippen molar-refractivity contribution in [2.24, 2.45) is 10.2 Å². The summed E-state index contributed by atoms with van der Waals surface area (Å²) in [6.45, 7) is 0. The zero-order valence-electron chi connectivity index (χ0n) is 15.1. The van der Waals surface area contributed by atoms with Crippen LogP contribution in [-0.4, -0.2) is 9.97 Å². The molecule has 150 valence electrons. The molecule has 0 bridgehead atoms. The van der Waals surface area contributed by atoms with Crippen molar-refractivity contribution < 1.29 is 13.2 Å². The topological polar surface area (TPSA) is 70.5 Å². The lowest BCUT2D eigenvalue weighted by Gasteiger charge is -2.09. The molecule has 0 saturated heterocycles. The molecule has 2 heterocycles. The minimum absolute atomic E-state index is 0.0378. The van der Waals surface area contributed by atoms with Gasteiger partial charge in [0.05, 0.1) is 33.2 Å². The van der Waals surface area contributed by atoms with Gasteiger partial charge in [0.25, 0.3) is 0 Å². The van der Waals surface area contributed by atoms with Gasteiger partial charge in [-0.25, -0.2) is 0 Å². The monoisotopic (exact) mass is 428 g/mol. The third-order valence-corrected chi connectivity index (χ3v) is 4.61. The van der Waals surface area contributed by atoms with Crippen molar-refractivity contribution in [3.63, 3.8) is 0 Å². The SMILES string of the molecule is O=c1c(-c2ncc(C(F)(F)F)cc2Cl)c[nH]c2ccc(N=Nc3ccccc3)cc12. The molecule has 0 saturated carbocycles. The van der Waals surface area contributed by atoms with E-state index in [1.54, 1.807) is 30.3 Å². The molecule has 2 aromatic carbocycles. The second-order valence-corrected chi connectivity index (χ2v) is 6.76. The number of alkyl halides is 3. The van der Waals surface area contributed by atoms with Gasteiger partial charge in [0, 0.05) is 23.3 Å². The molecule has 0 aliphatic rings. The first-order valence-corrected chi connectivity index (χ1v) is 9.06. The van der Waals surface area contributed by atoms with Crippen LogP contribution in [-0.2, 0) is 6.18 Å². The second-order valence-electron chi connectivity index (χ2n) is 6.35. The Morgan fingerprint density at radius 1 is 0.967 bits per heavy atom. The van der Waals surface area contributed by atoms with Gasteiger partial charge in [-0.2, -0.15) is 23.4 Å². The van der Waals surface area contributed by atoms with Gasteiger partial charge < -0.3 is 4.98 Å². The molecule has 5 nitrogen and oxygen atoms in total. The average molecular weight is 429 g/mol. The lowest BCUT2D eigenvalue weighted by atomic mass is 10.1. The number of H-pyrrole nitrogens is 1. The summed E-state index contributed by atoms with van der Waals surface area (Å²) in [4.78, 5) is 19.7. The maximum atomic E-state index is 13.0. The zero-order valence-corrected chi connectivity index (χ0v) is 15.9. The molecule has 0 unspecified atom stereocenters. The summed E-state index contributed by atoms with van der Waals surface area (Å²) in [6, 6.07) is 14.7. The highest BCUT2D eigenvalue weighted by molar-refractivity contribution is 6.33. The quantitative estimate of drug-likeness (QED) is 0.370. The number of azo groups is 1. The molecule has 2 aromatic heterocycles. The summed E-state index contributed by atoms with van der Waals surface area (Å²) >= 11 is 5.99. The second kappa shape index (κ2) is 7.72. The van der Waals surface area contributed by atoms with E-state index in [4.69, 9.17) is 11.6 Å². The molecule has 0 fully saturated rings. The molecule has 30 heavy (non-hydrogen) atoms. The van der Waals surface area contributed by atoms with Crippen molar-refractivity contribution >= 4 is 33.9 Å². The number of aromatic nitrogens is 2. The minimum atomic E-state index is -4.58. The van der Waals surface area contributed by atoms with Crippen LogP contribution in [0.3, 0.4) is 0 Å². The number of benzene rings is 2. The highest BCUT2D eigenvalue weighted by Crippen LogP contribution is 2.33. The number of nitrogens with one attached hydrogen (secondary N) is 1. The fourth-order valence-corrected chi connectivity index (χ4v) is 3.11. The van der Waals surface area contributed by atoms with Crippen molar-refractivity contribution in [2.75, 3.05) is 0 Å². The molecule has 0 spiro atoms. The molecular formula is C21H12ClF3N4O. The largest absolute Gasteiger partial charge is 0.417 e.